The maximum Gasteiger partial charge on any atom is 0.173 e. The second-order valence-electron chi connectivity index (χ2n) is 3.46. The molecule has 0 spiro atoms. The molecule has 78 valence electrons. The summed E-state index contributed by atoms with van der Waals surface area (Å²) in [5.74, 6) is 0.807. The molecule has 0 radical (unpaired) electrons. The molecule has 2 rings (SSSR count). The molecule has 0 fully saturated rings. The topological polar surface area (TPSA) is 52.7 Å². The minimum absolute atomic E-state index is 0.0393. The summed E-state index contributed by atoms with van der Waals surface area (Å²) in [6.07, 6.45) is 7.11. The Labute approximate surface area is 87.4 Å². The second-order valence-corrected chi connectivity index (χ2v) is 3.46. The minimum atomic E-state index is 0.0393. The van der Waals surface area contributed by atoms with Crippen LogP contribution >= 0.6 is 0 Å². The van der Waals surface area contributed by atoms with E-state index in [0.717, 1.165) is 5.82 Å². The van der Waals surface area contributed by atoms with Gasteiger partial charge in [-0.1, -0.05) is 0 Å². The van der Waals surface area contributed by atoms with Gasteiger partial charge in [0.15, 0.2) is 5.78 Å². The standard InChI is InChI=1S/C10H12N4O/c1-13-4-3-11-10(13)5-9(15)8-6-12-14(2)7-8/h3-4,6-7H,5H2,1-2H3. The van der Waals surface area contributed by atoms with Crippen LogP contribution in [0, 0.1) is 0 Å². The Morgan fingerprint density at radius 2 is 2.27 bits per heavy atom. The fourth-order valence-corrected chi connectivity index (χ4v) is 1.38. The Bertz CT molecular complexity index is 483. The molecule has 0 aliphatic heterocycles. The molecule has 0 unspecified atom stereocenters. The SMILES string of the molecule is Cn1cc(C(=O)Cc2nccn2C)cn1. The molecule has 0 aromatic carbocycles. The summed E-state index contributed by atoms with van der Waals surface area (Å²) in [5, 5.41) is 3.96. The van der Waals surface area contributed by atoms with E-state index in [0.29, 0.717) is 12.0 Å². The van der Waals surface area contributed by atoms with Crippen LogP contribution in [0.5, 0.6) is 0 Å². The largest absolute Gasteiger partial charge is 0.338 e. The summed E-state index contributed by atoms with van der Waals surface area (Å²) >= 11 is 0. The first kappa shape index (κ1) is 9.64. The average molecular weight is 204 g/mol. The molecule has 15 heavy (non-hydrogen) atoms. The lowest BCUT2D eigenvalue weighted by Crippen LogP contribution is -2.07. The Hall–Kier alpha value is -1.91. The molecule has 0 N–H and O–H groups in total. The Morgan fingerprint density at radius 3 is 2.80 bits per heavy atom. The maximum atomic E-state index is 11.8. The van der Waals surface area contributed by atoms with Crippen LogP contribution in [0.4, 0.5) is 0 Å². The van der Waals surface area contributed by atoms with Crippen LogP contribution < -0.4 is 0 Å². The summed E-state index contributed by atoms with van der Waals surface area (Å²) in [4.78, 5) is 15.9. The normalized spacial score (nSPS) is 10.5. The van der Waals surface area contributed by atoms with Gasteiger partial charge in [0.05, 0.1) is 18.2 Å². The molecule has 2 aromatic heterocycles. The monoisotopic (exact) mass is 204 g/mol. The molecule has 0 amide bonds. The summed E-state index contributed by atoms with van der Waals surface area (Å²) in [7, 11) is 3.66. The molecule has 0 atom stereocenters. The Kier molecular flexibility index (Phi) is 2.37. The van der Waals surface area contributed by atoms with Crippen LogP contribution in [-0.4, -0.2) is 25.1 Å². The van der Waals surface area contributed by atoms with E-state index in [9.17, 15) is 4.79 Å². The van der Waals surface area contributed by atoms with Gasteiger partial charge in [0, 0.05) is 32.7 Å². The lowest BCUT2D eigenvalue weighted by molar-refractivity contribution is 0.0990. The van der Waals surface area contributed by atoms with Crippen molar-refractivity contribution in [1.82, 2.24) is 19.3 Å². The number of aryl methyl sites for hydroxylation is 2. The number of hydrogen-bond donors (Lipinski definition) is 0. The zero-order valence-corrected chi connectivity index (χ0v) is 8.71. The van der Waals surface area contributed by atoms with E-state index in [1.165, 1.54) is 0 Å². The smallest absolute Gasteiger partial charge is 0.173 e. The number of carbonyl (C=O) groups excluding carboxylic acids is 1. The number of nitrogens with zero attached hydrogens (tertiary/aromatic N) is 4. The van der Waals surface area contributed by atoms with E-state index >= 15 is 0 Å². The highest BCUT2D eigenvalue weighted by Gasteiger charge is 2.11. The number of aromatic nitrogens is 4. The van der Waals surface area contributed by atoms with Crippen molar-refractivity contribution in [3.05, 3.63) is 36.2 Å². The van der Waals surface area contributed by atoms with Crippen molar-refractivity contribution in [2.45, 2.75) is 6.42 Å². The van der Waals surface area contributed by atoms with Gasteiger partial charge in [0.1, 0.15) is 5.82 Å². The van der Waals surface area contributed by atoms with Crippen molar-refractivity contribution >= 4 is 5.78 Å². The molecule has 0 aliphatic rings. The zero-order chi connectivity index (χ0) is 10.8. The van der Waals surface area contributed by atoms with E-state index in [1.54, 1.807) is 30.3 Å². The van der Waals surface area contributed by atoms with Crippen LogP contribution in [0.15, 0.2) is 24.8 Å². The zero-order valence-electron chi connectivity index (χ0n) is 8.71. The highest BCUT2D eigenvalue weighted by molar-refractivity contribution is 5.96. The highest BCUT2D eigenvalue weighted by Crippen LogP contribution is 2.04. The fourth-order valence-electron chi connectivity index (χ4n) is 1.38. The van der Waals surface area contributed by atoms with Crippen molar-refractivity contribution in [3.63, 3.8) is 0 Å². The number of Topliss-reactive ketones (excluding diaryl/α,β-unsaturated/α-hetero) is 1. The van der Waals surface area contributed by atoms with Crippen LogP contribution in [0.2, 0.25) is 0 Å². The van der Waals surface area contributed by atoms with Gasteiger partial charge in [-0.15, -0.1) is 0 Å². The third-order valence-corrected chi connectivity index (χ3v) is 2.27. The van der Waals surface area contributed by atoms with Crippen molar-refractivity contribution in [2.24, 2.45) is 14.1 Å². The lowest BCUT2D eigenvalue weighted by atomic mass is 10.2. The first-order valence-electron chi connectivity index (χ1n) is 4.65. The predicted molar refractivity (Wildman–Crippen MR) is 54.5 cm³/mol. The second kappa shape index (κ2) is 3.68. The molecule has 0 saturated heterocycles. The maximum absolute atomic E-state index is 11.8. The van der Waals surface area contributed by atoms with Gasteiger partial charge in [-0.2, -0.15) is 5.10 Å². The Morgan fingerprint density at radius 1 is 1.47 bits per heavy atom. The van der Waals surface area contributed by atoms with Crippen LogP contribution in [-0.2, 0) is 20.5 Å². The van der Waals surface area contributed by atoms with E-state index < -0.39 is 0 Å². The molecule has 0 bridgehead atoms. The third-order valence-electron chi connectivity index (χ3n) is 2.27. The third kappa shape index (κ3) is 1.96. The fraction of sp³-hybridized carbons (Fsp3) is 0.300. The summed E-state index contributed by atoms with van der Waals surface area (Å²) in [5.41, 5.74) is 0.625. The molecular weight excluding hydrogens is 192 g/mol. The molecule has 5 heteroatoms. The van der Waals surface area contributed by atoms with E-state index in [-0.39, 0.29) is 5.78 Å². The van der Waals surface area contributed by atoms with Crippen LogP contribution in [0.3, 0.4) is 0 Å². The molecule has 0 aliphatic carbocycles. The van der Waals surface area contributed by atoms with Gasteiger partial charge in [-0.25, -0.2) is 4.98 Å². The molecular formula is C10H12N4O. The first-order valence-corrected chi connectivity index (χ1v) is 4.65. The van der Waals surface area contributed by atoms with Crippen LogP contribution in [0.1, 0.15) is 16.2 Å². The summed E-state index contributed by atoms with van der Waals surface area (Å²) < 4.78 is 3.46. The summed E-state index contributed by atoms with van der Waals surface area (Å²) in [6, 6.07) is 0. The summed E-state index contributed by atoms with van der Waals surface area (Å²) in [6.45, 7) is 0. The van der Waals surface area contributed by atoms with Crippen LogP contribution in [0.25, 0.3) is 0 Å². The van der Waals surface area contributed by atoms with Gasteiger partial charge in [0.2, 0.25) is 0 Å². The molecule has 5 nitrogen and oxygen atoms in total. The Balaban J connectivity index is 2.14. The number of rotatable bonds is 3. The van der Waals surface area contributed by atoms with E-state index in [4.69, 9.17) is 0 Å². The molecule has 2 heterocycles. The van der Waals surface area contributed by atoms with Gasteiger partial charge in [0.25, 0.3) is 0 Å². The highest BCUT2D eigenvalue weighted by atomic mass is 16.1. The van der Waals surface area contributed by atoms with Crippen molar-refractivity contribution < 1.29 is 4.79 Å². The number of carbonyl (C=O) groups is 1. The van der Waals surface area contributed by atoms with Gasteiger partial charge in [-0.05, 0) is 0 Å². The van der Waals surface area contributed by atoms with E-state index in [1.807, 2.05) is 17.8 Å². The number of ketones is 1. The average Bonchev–Trinajstić information content (AvgIpc) is 2.77. The van der Waals surface area contributed by atoms with Crippen molar-refractivity contribution in [1.29, 1.82) is 0 Å². The van der Waals surface area contributed by atoms with Gasteiger partial charge >= 0.3 is 0 Å². The quantitative estimate of drug-likeness (QED) is 0.687. The molecule has 0 saturated carbocycles. The lowest BCUT2D eigenvalue weighted by Gasteiger charge is -1.98. The minimum Gasteiger partial charge on any atom is -0.338 e. The number of imidazole rings is 1. The van der Waals surface area contributed by atoms with Gasteiger partial charge < -0.3 is 4.57 Å². The number of hydrogen-bond acceptors (Lipinski definition) is 3. The van der Waals surface area contributed by atoms with E-state index in [2.05, 4.69) is 10.1 Å². The van der Waals surface area contributed by atoms with Crippen molar-refractivity contribution in [3.8, 4) is 0 Å². The van der Waals surface area contributed by atoms with Crippen molar-refractivity contribution in [2.75, 3.05) is 0 Å². The predicted octanol–water partition coefficient (Wildman–Crippen LogP) is 0.579. The molecule has 2 aromatic rings. The first-order chi connectivity index (χ1) is 7.16. The van der Waals surface area contributed by atoms with Gasteiger partial charge in [-0.3, -0.25) is 9.48 Å².